The number of ether oxygens (including phenoxy) is 1. The number of nitrogens with zero attached hydrogens (tertiary/aromatic N) is 6. The van der Waals surface area contributed by atoms with Gasteiger partial charge in [-0.3, -0.25) is 14.4 Å². The number of aromatic amines is 1. The second kappa shape index (κ2) is 10.4. The van der Waals surface area contributed by atoms with Crippen molar-refractivity contribution in [3.8, 4) is 17.1 Å². The molecule has 0 unspecified atom stereocenters. The SMILES string of the molecule is COc1nn(C)cc1Cc1nccc(-c2c[nH]c3c(CC(=O)[C@@H](C)N4CCN(C)C[C@@H]4C)cccc23)n1. The van der Waals surface area contributed by atoms with Gasteiger partial charge in [0.25, 0.3) is 0 Å². The highest BCUT2D eigenvalue weighted by Gasteiger charge is 2.29. The number of benzene rings is 1. The van der Waals surface area contributed by atoms with Crippen LogP contribution in [-0.4, -0.2) is 86.2 Å². The highest BCUT2D eigenvalue weighted by Crippen LogP contribution is 2.30. The van der Waals surface area contributed by atoms with Crippen LogP contribution >= 0.6 is 0 Å². The summed E-state index contributed by atoms with van der Waals surface area (Å²) in [5.74, 6) is 1.52. The molecule has 0 radical (unpaired) electrons. The first-order chi connectivity index (χ1) is 17.8. The monoisotopic (exact) mass is 501 g/mol. The molecule has 1 N–H and O–H groups in total. The Morgan fingerprint density at radius 3 is 2.84 bits per heavy atom. The molecule has 0 bridgehead atoms. The van der Waals surface area contributed by atoms with Crippen molar-refractivity contribution in [2.24, 2.45) is 7.05 Å². The maximum atomic E-state index is 13.3. The lowest BCUT2D eigenvalue weighted by atomic mass is 9.99. The van der Waals surface area contributed by atoms with Crippen LogP contribution in [0.5, 0.6) is 5.88 Å². The maximum Gasteiger partial charge on any atom is 0.236 e. The number of carbonyl (C=O) groups is 1. The third kappa shape index (κ3) is 5.14. The van der Waals surface area contributed by atoms with Gasteiger partial charge in [-0.25, -0.2) is 9.97 Å². The van der Waals surface area contributed by atoms with Crippen molar-refractivity contribution >= 4 is 16.7 Å². The second-order valence-corrected chi connectivity index (χ2v) is 10.1. The van der Waals surface area contributed by atoms with Gasteiger partial charge < -0.3 is 14.6 Å². The van der Waals surface area contributed by atoms with Gasteiger partial charge in [0.05, 0.1) is 18.8 Å². The van der Waals surface area contributed by atoms with Crippen molar-refractivity contribution in [2.45, 2.75) is 38.8 Å². The summed E-state index contributed by atoms with van der Waals surface area (Å²) < 4.78 is 7.11. The minimum absolute atomic E-state index is 0.109. The first-order valence-corrected chi connectivity index (χ1v) is 12.8. The lowest BCUT2D eigenvalue weighted by molar-refractivity contribution is -0.124. The topological polar surface area (TPSA) is 92.2 Å². The van der Waals surface area contributed by atoms with Gasteiger partial charge in [-0.2, -0.15) is 0 Å². The zero-order valence-electron chi connectivity index (χ0n) is 22.2. The fourth-order valence-corrected chi connectivity index (χ4v) is 5.44. The van der Waals surface area contributed by atoms with Crippen molar-refractivity contribution in [1.82, 2.24) is 34.5 Å². The van der Waals surface area contributed by atoms with Gasteiger partial charge >= 0.3 is 0 Å². The predicted octanol–water partition coefficient (Wildman–Crippen LogP) is 3.09. The number of fused-ring (bicyclic) bond motifs is 1. The summed E-state index contributed by atoms with van der Waals surface area (Å²) in [5, 5.41) is 5.37. The Kier molecular flexibility index (Phi) is 7.08. The van der Waals surface area contributed by atoms with Gasteiger partial charge in [0.2, 0.25) is 5.88 Å². The Hall–Kier alpha value is -3.56. The molecule has 5 rings (SSSR count). The lowest BCUT2D eigenvalue weighted by Crippen LogP contribution is -2.55. The van der Waals surface area contributed by atoms with Crippen LogP contribution in [0.15, 0.2) is 42.9 Å². The van der Waals surface area contributed by atoms with Crippen molar-refractivity contribution in [2.75, 3.05) is 33.8 Å². The number of carbonyl (C=O) groups excluding carboxylic acids is 1. The quantitative estimate of drug-likeness (QED) is 0.397. The van der Waals surface area contributed by atoms with E-state index in [1.165, 1.54) is 0 Å². The van der Waals surface area contributed by atoms with Crippen LogP contribution < -0.4 is 4.74 Å². The summed E-state index contributed by atoms with van der Waals surface area (Å²) >= 11 is 0. The molecule has 1 aliphatic heterocycles. The van der Waals surface area contributed by atoms with E-state index in [4.69, 9.17) is 9.72 Å². The fourth-order valence-electron chi connectivity index (χ4n) is 5.44. The third-order valence-corrected chi connectivity index (χ3v) is 7.40. The van der Waals surface area contributed by atoms with Crippen LogP contribution in [0.1, 0.15) is 30.8 Å². The molecule has 4 aromatic rings. The van der Waals surface area contributed by atoms with E-state index < -0.39 is 0 Å². The molecule has 194 valence electrons. The Labute approximate surface area is 217 Å². The van der Waals surface area contributed by atoms with Gasteiger partial charge in [-0.1, -0.05) is 18.2 Å². The van der Waals surface area contributed by atoms with E-state index in [1.807, 2.05) is 44.6 Å². The number of hydrogen-bond donors (Lipinski definition) is 1. The van der Waals surface area contributed by atoms with Gasteiger partial charge in [-0.05, 0) is 32.5 Å². The minimum Gasteiger partial charge on any atom is -0.480 e. The van der Waals surface area contributed by atoms with Crippen molar-refractivity contribution in [1.29, 1.82) is 0 Å². The van der Waals surface area contributed by atoms with Crippen LogP contribution in [0.4, 0.5) is 0 Å². The average molecular weight is 502 g/mol. The smallest absolute Gasteiger partial charge is 0.236 e. The summed E-state index contributed by atoms with van der Waals surface area (Å²) in [4.78, 5) is 30.7. The number of para-hydroxylation sites is 1. The first kappa shape index (κ1) is 25.1. The van der Waals surface area contributed by atoms with E-state index in [0.717, 1.165) is 52.9 Å². The largest absolute Gasteiger partial charge is 0.480 e. The molecule has 3 aromatic heterocycles. The molecule has 0 amide bonds. The van der Waals surface area contributed by atoms with E-state index >= 15 is 0 Å². The molecule has 0 saturated carbocycles. The Morgan fingerprint density at radius 1 is 1.22 bits per heavy atom. The fraction of sp³-hybridized carbons (Fsp3) is 0.429. The van der Waals surface area contributed by atoms with Crippen molar-refractivity contribution in [3.05, 3.63) is 59.8 Å². The van der Waals surface area contributed by atoms with Gasteiger partial charge in [0.15, 0.2) is 5.78 Å². The number of likely N-dealkylation sites (N-methyl/N-ethyl adjacent to an activating group) is 1. The number of H-pyrrole nitrogens is 1. The van der Waals surface area contributed by atoms with E-state index in [1.54, 1.807) is 18.0 Å². The number of aromatic nitrogens is 5. The summed E-state index contributed by atoms with van der Waals surface area (Å²) in [6.45, 7) is 7.15. The molecule has 1 saturated heterocycles. The number of piperazine rings is 1. The lowest BCUT2D eigenvalue weighted by Gasteiger charge is -2.41. The minimum atomic E-state index is -0.109. The Bertz CT molecular complexity index is 1410. The van der Waals surface area contributed by atoms with Crippen LogP contribution in [0.3, 0.4) is 0 Å². The number of Topliss-reactive ketones (excluding diaryl/α,β-unsaturated/α-hetero) is 1. The third-order valence-electron chi connectivity index (χ3n) is 7.40. The van der Waals surface area contributed by atoms with Crippen molar-refractivity contribution in [3.63, 3.8) is 0 Å². The zero-order valence-corrected chi connectivity index (χ0v) is 22.2. The highest BCUT2D eigenvalue weighted by atomic mass is 16.5. The van der Waals surface area contributed by atoms with E-state index in [9.17, 15) is 4.79 Å². The van der Waals surface area contributed by atoms with Crippen molar-refractivity contribution < 1.29 is 9.53 Å². The number of ketones is 1. The van der Waals surface area contributed by atoms with E-state index in [-0.39, 0.29) is 11.8 Å². The molecular formula is C28H35N7O2. The maximum absolute atomic E-state index is 13.3. The van der Waals surface area contributed by atoms with Gasteiger partial charge in [0.1, 0.15) is 5.82 Å². The molecule has 2 atom stereocenters. The summed E-state index contributed by atoms with van der Waals surface area (Å²) in [6, 6.07) is 8.31. The number of nitrogens with one attached hydrogen (secondary N) is 1. The molecule has 9 nitrogen and oxygen atoms in total. The standard InChI is InChI=1S/C28H35N7O2/c1-18-16-33(3)11-12-35(18)19(2)25(36)13-20-7-6-8-22-23(15-30-27(20)22)24-9-10-29-26(31-24)14-21-17-34(4)32-28(21)37-5/h6-10,15,17-19,30H,11-14,16H2,1-5H3/t18-,19+/m0/s1. The number of rotatable bonds is 8. The molecule has 1 aromatic carbocycles. The predicted molar refractivity (Wildman–Crippen MR) is 144 cm³/mol. The van der Waals surface area contributed by atoms with Crippen LogP contribution in [0, 0.1) is 0 Å². The first-order valence-electron chi connectivity index (χ1n) is 12.8. The molecule has 1 fully saturated rings. The molecule has 4 heterocycles. The Morgan fingerprint density at radius 2 is 2.05 bits per heavy atom. The van der Waals surface area contributed by atoms with Crippen LogP contribution in [-0.2, 0) is 24.7 Å². The number of methoxy groups -OCH3 is 1. The number of aryl methyl sites for hydroxylation is 1. The summed E-state index contributed by atoms with van der Waals surface area (Å²) in [6.07, 6.45) is 6.60. The Balaban J connectivity index is 1.37. The molecule has 37 heavy (non-hydrogen) atoms. The summed E-state index contributed by atoms with van der Waals surface area (Å²) in [5.41, 5.74) is 4.76. The molecule has 0 spiro atoms. The van der Waals surface area contributed by atoms with E-state index in [0.29, 0.717) is 30.6 Å². The molecule has 9 heteroatoms. The molecule has 0 aliphatic carbocycles. The molecular weight excluding hydrogens is 466 g/mol. The summed E-state index contributed by atoms with van der Waals surface area (Å²) in [7, 11) is 5.62. The van der Waals surface area contributed by atoms with Gasteiger partial charge in [-0.15, -0.1) is 5.10 Å². The van der Waals surface area contributed by atoms with Gasteiger partial charge in [0, 0.05) is 86.2 Å². The highest BCUT2D eigenvalue weighted by molar-refractivity contribution is 5.98. The second-order valence-electron chi connectivity index (χ2n) is 10.1. The zero-order chi connectivity index (χ0) is 26.1. The van der Waals surface area contributed by atoms with Crippen LogP contribution in [0.25, 0.3) is 22.2 Å². The normalized spacial score (nSPS) is 17.8. The number of hydrogen-bond acceptors (Lipinski definition) is 7. The van der Waals surface area contributed by atoms with E-state index in [2.05, 4.69) is 44.9 Å². The molecule has 1 aliphatic rings. The van der Waals surface area contributed by atoms with Crippen LogP contribution in [0.2, 0.25) is 0 Å². The average Bonchev–Trinajstić information content (AvgIpc) is 3.47.